The van der Waals surface area contributed by atoms with E-state index in [1.165, 1.54) is 0 Å². The molecule has 0 saturated carbocycles. The molecule has 0 aliphatic carbocycles. The molecule has 4 rings (SSSR count). The van der Waals surface area contributed by atoms with Gasteiger partial charge < -0.3 is 14.8 Å². The first-order valence-corrected chi connectivity index (χ1v) is 8.72. The standard InChI is InChI=1S/C22H19NO4/c1-13-3-6-15(7-4-13)19-9-10-20(27-19)18(24)12-22(26)16-11-14(2)5-8-17(16)23-21(22)25/h3-11,26H,12H2,1-2H3,(H,23,25). The van der Waals surface area contributed by atoms with E-state index in [1.54, 1.807) is 24.3 Å². The number of anilines is 1. The molecule has 1 aromatic heterocycles. The Balaban J connectivity index is 1.61. The van der Waals surface area contributed by atoms with Gasteiger partial charge in [-0.15, -0.1) is 0 Å². The topological polar surface area (TPSA) is 79.5 Å². The summed E-state index contributed by atoms with van der Waals surface area (Å²) in [6.45, 7) is 3.86. The van der Waals surface area contributed by atoms with E-state index in [0.717, 1.165) is 16.7 Å². The van der Waals surface area contributed by atoms with E-state index in [9.17, 15) is 14.7 Å². The number of nitrogens with one attached hydrogen (secondary N) is 1. The van der Waals surface area contributed by atoms with Gasteiger partial charge in [-0.1, -0.05) is 47.5 Å². The molecule has 2 heterocycles. The predicted octanol–water partition coefficient (Wildman–Crippen LogP) is 3.98. The van der Waals surface area contributed by atoms with Gasteiger partial charge in [-0.3, -0.25) is 9.59 Å². The first kappa shape index (κ1) is 17.2. The molecule has 0 saturated heterocycles. The normalized spacial score (nSPS) is 18.3. The lowest BCUT2D eigenvalue weighted by atomic mass is 9.88. The molecular formula is C22H19NO4. The van der Waals surface area contributed by atoms with Gasteiger partial charge in [-0.2, -0.15) is 0 Å². The molecule has 0 spiro atoms. The van der Waals surface area contributed by atoms with Crippen LogP contribution in [-0.2, 0) is 10.4 Å². The number of Topliss-reactive ketones (excluding diaryl/α,β-unsaturated/α-hetero) is 1. The average Bonchev–Trinajstić information content (AvgIpc) is 3.21. The highest BCUT2D eigenvalue weighted by Gasteiger charge is 2.47. The number of hydrogen-bond acceptors (Lipinski definition) is 4. The van der Waals surface area contributed by atoms with Crippen molar-refractivity contribution in [3.63, 3.8) is 0 Å². The molecule has 0 radical (unpaired) electrons. The molecule has 1 aliphatic heterocycles. The first-order chi connectivity index (χ1) is 12.9. The van der Waals surface area contributed by atoms with Crippen LogP contribution >= 0.6 is 0 Å². The fraction of sp³-hybridized carbons (Fsp3) is 0.182. The van der Waals surface area contributed by atoms with Crippen LogP contribution in [0.5, 0.6) is 0 Å². The molecule has 0 fully saturated rings. The van der Waals surface area contributed by atoms with Gasteiger partial charge in [0, 0.05) is 16.8 Å². The zero-order valence-electron chi connectivity index (χ0n) is 15.1. The van der Waals surface area contributed by atoms with E-state index in [0.29, 0.717) is 17.0 Å². The van der Waals surface area contributed by atoms with Gasteiger partial charge in [0.05, 0.1) is 6.42 Å². The van der Waals surface area contributed by atoms with Crippen molar-refractivity contribution in [2.75, 3.05) is 5.32 Å². The number of carbonyl (C=O) groups excluding carboxylic acids is 2. The second kappa shape index (κ2) is 6.21. The maximum absolute atomic E-state index is 12.7. The maximum Gasteiger partial charge on any atom is 0.261 e. The molecule has 5 nitrogen and oxygen atoms in total. The Kier molecular flexibility index (Phi) is 3.97. The van der Waals surface area contributed by atoms with Gasteiger partial charge in [0.25, 0.3) is 5.91 Å². The third kappa shape index (κ3) is 2.96. The van der Waals surface area contributed by atoms with Gasteiger partial charge in [0.2, 0.25) is 5.78 Å². The minimum absolute atomic E-state index is 0.118. The number of hydrogen-bond donors (Lipinski definition) is 2. The van der Waals surface area contributed by atoms with Crippen molar-refractivity contribution in [1.29, 1.82) is 0 Å². The maximum atomic E-state index is 12.7. The molecule has 1 amide bonds. The Hall–Kier alpha value is -3.18. The van der Waals surface area contributed by atoms with E-state index < -0.39 is 17.3 Å². The van der Waals surface area contributed by atoms with Crippen molar-refractivity contribution in [3.8, 4) is 11.3 Å². The number of ketones is 1. The van der Waals surface area contributed by atoms with Gasteiger partial charge >= 0.3 is 0 Å². The van der Waals surface area contributed by atoms with Crippen LogP contribution in [0.1, 0.15) is 33.7 Å². The molecule has 2 N–H and O–H groups in total. The van der Waals surface area contributed by atoms with Crippen molar-refractivity contribution in [2.45, 2.75) is 25.9 Å². The number of benzene rings is 2. The third-order valence-corrected chi connectivity index (χ3v) is 4.88. The summed E-state index contributed by atoms with van der Waals surface area (Å²) < 4.78 is 5.68. The molecule has 2 aromatic carbocycles. The first-order valence-electron chi connectivity index (χ1n) is 8.72. The van der Waals surface area contributed by atoms with E-state index in [-0.39, 0.29) is 12.2 Å². The van der Waals surface area contributed by atoms with Crippen LogP contribution in [0.3, 0.4) is 0 Å². The lowest BCUT2D eigenvalue weighted by Gasteiger charge is -2.19. The third-order valence-electron chi connectivity index (χ3n) is 4.88. The Labute approximate surface area is 156 Å². The van der Waals surface area contributed by atoms with E-state index >= 15 is 0 Å². The molecule has 27 heavy (non-hydrogen) atoms. The Bertz CT molecular complexity index is 1050. The molecule has 1 aliphatic rings. The molecule has 136 valence electrons. The second-order valence-electron chi connectivity index (χ2n) is 6.99. The highest BCUT2D eigenvalue weighted by molar-refractivity contribution is 6.09. The van der Waals surface area contributed by atoms with Crippen molar-refractivity contribution in [1.82, 2.24) is 0 Å². The highest BCUT2D eigenvalue weighted by Crippen LogP contribution is 2.39. The number of aliphatic hydroxyl groups is 1. The van der Waals surface area contributed by atoms with Gasteiger partial charge in [0.1, 0.15) is 5.76 Å². The van der Waals surface area contributed by atoms with Crippen LogP contribution in [0.4, 0.5) is 5.69 Å². The smallest absolute Gasteiger partial charge is 0.261 e. The summed E-state index contributed by atoms with van der Waals surface area (Å²) in [6.07, 6.45) is -0.379. The lowest BCUT2D eigenvalue weighted by molar-refractivity contribution is -0.133. The summed E-state index contributed by atoms with van der Waals surface area (Å²) in [5, 5.41) is 13.6. The van der Waals surface area contributed by atoms with Gasteiger partial charge in [-0.25, -0.2) is 0 Å². The van der Waals surface area contributed by atoms with Gasteiger partial charge in [-0.05, 0) is 32.0 Å². The number of fused-ring (bicyclic) bond motifs is 1. The summed E-state index contributed by atoms with van der Waals surface area (Å²) in [6, 6.07) is 16.3. The van der Waals surface area contributed by atoms with Crippen molar-refractivity contribution >= 4 is 17.4 Å². The van der Waals surface area contributed by atoms with Crippen LogP contribution in [0.15, 0.2) is 59.0 Å². The van der Waals surface area contributed by atoms with Crippen LogP contribution in [0.2, 0.25) is 0 Å². The Morgan fingerprint density at radius 1 is 1.04 bits per heavy atom. The van der Waals surface area contributed by atoms with Gasteiger partial charge in [0.15, 0.2) is 11.4 Å². The Morgan fingerprint density at radius 3 is 2.48 bits per heavy atom. The zero-order valence-corrected chi connectivity index (χ0v) is 15.1. The minimum Gasteiger partial charge on any atom is -0.453 e. The summed E-state index contributed by atoms with van der Waals surface area (Å²) in [5.41, 5.74) is 1.94. The number of rotatable bonds is 4. The fourth-order valence-electron chi connectivity index (χ4n) is 3.31. The monoisotopic (exact) mass is 361 g/mol. The SMILES string of the molecule is Cc1ccc(-c2ccc(C(=O)CC3(O)C(=O)Nc4ccc(C)cc43)o2)cc1. The van der Waals surface area contributed by atoms with Crippen molar-refractivity contribution in [3.05, 3.63) is 77.0 Å². The summed E-state index contributed by atoms with van der Waals surface area (Å²) in [5.74, 6) is -0.340. The van der Waals surface area contributed by atoms with Crippen molar-refractivity contribution in [2.24, 2.45) is 0 Å². The largest absolute Gasteiger partial charge is 0.453 e. The number of furan rings is 1. The average molecular weight is 361 g/mol. The summed E-state index contributed by atoms with van der Waals surface area (Å²) in [4.78, 5) is 25.1. The molecule has 0 bridgehead atoms. The van der Waals surface area contributed by atoms with Crippen LogP contribution in [0, 0.1) is 13.8 Å². The molecule has 1 unspecified atom stereocenters. The zero-order chi connectivity index (χ0) is 19.2. The minimum atomic E-state index is -1.89. The quantitative estimate of drug-likeness (QED) is 0.689. The molecule has 3 aromatic rings. The predicted molar refractivity (Wildman–Crippen MR) is 102 cm³/mol. The van der Waals surface area contributed by atoms with Crippen molar-refractivity contribution < 1.29 is 19.1 Å². The summed E-state index contributed by atoms with van der Waals surface area (Å²) in [7, 11) is 0. The fourth-order valence-corrected chi connectivity index (χ4v) is 3.31. The second-order valence-corrected chi connectivity index (χ2v) is 6.99. The molecular weight excluding hydrogens is 342 g/mol. The Morgan fingerprint density at radius 2 is 1.74 bits per heavy atom. The van der Waals surface area contributed by atoms with E-state index in [2.05, 4.69) is 5.32 Å². The summed E-state index contributed by atoms with van der Waals surface area (Å²) >= 11 is 0. The molecule has 1 atom stereocenters. The van der Waals surface area contributed by atoms with E-state index in [1.807, 2.05) is 44.2 Å². The van der Waals surface area contributed by atoms with Crippen LogP contribution in [-0.4, -0.2) is 16.8 Å². The molecule has 5 heteroatoms. The lowest BCUT2D eigenvalue weighted by Crippen LogP contribution is -2.36. The number of amides is 1. The van der Waals surface area contributed by atoms with E-state index in [4.69, 9.17) is 4.42 Å². The van der Waals surface area contributed by atoms with Crippen LogP contribution in [0.25, 0.3) is 11.3 Å². The number of carbonyl (C=O) groups is 2. The van der Waals surface area contributed by atoms with Crippen LogP contribution < -0.4 is 5.32 Å². The number of aryl methyl sites for hydroxylation is 2. The highest BCUT2D eigenvalue weighted by atomic mass is 16.3.